The Labute approximate surface area is 572 Å². The third kappa shape index (κ3) is 24.5. The lowest BCUT2D eigenvalue weighted by Crippen LogP contribution is -2.65. The number of Topliss-reactive ketones (excluding diaryl/α,β-unsaturated/α-hetero) is 2. The van der Waals surface area contributed by atoms with E-state index in [2.05, 4.69) is 21.5 Å². The molecular weight excluding hydrogens is 1360 g/mol. The second-order valence-electron chi connectivity index (χ2n) is 24.5. The summed E-state index contributed by atoms with van der Waals surface area (Å²) in [7, 11) is 0. The third-order valence-corrected chi connectivity index (χ3v) is 17.1. The summed E-state index contributed by atoms with van der Waals surface area (Å²) in [6.45, 7) is -0.868. The molecule has 6 saturated heterocycles. The maximum absolute atomic E-state index is 12.4. The van der Waals surface area contributed by atoms with Crippen molar-refractivity contribution in [2.24, 2.45) is 5.73 Å². The normalized spacial score (nSPS) is 39.5. The first-order valence-electron chi connectivity index (χ1n) is 32.8. The predicted octanol–water partition coefficient (Wildman–Crippen LogP) is -14.2. The van der Waals surface area contributed by atoms with Gasteiger partial charge in [0.05, 0.1) is 58.9 Å². The van der Waals surface area contributed by atoms with Gasteiger partial charge in [-0.1, -0.05) is 6.42 Å². The van der Waals surface area contributed by atoms with E-state index in [0.717, 1.165) is 0 Å². The maximum Gasteiger partial charge on any atom is 0.234 e. The number of aliphatic hydroxyl groups is 20. The van der Waals surface area contributed by atoms with E-state index in [-0.39, 0.29) is 75.8 Å². The summed E-state index contributed by atoms with van der Waals surface area (Å²) in [6, 6.07) is -0.606. The molecule has 0 aromatic heterocycles. The molecule has 6 rings (SSSR count). The van der Waals surface area contributed by atoms with Gasteiger partial charge >= 0.3 is 0 Å². The highest BCUT2D eigenvalue weighted by Crippen LogP contribution is 2.34. The smallest absolute Gasteiger partial charge is 0.234 e. The molecule has 42 nitrogen and oxygen atoms in total. The number of ketones is 2. The minimum Gasteiger partial charge on any atom is -0.394 e. The molecule has 3 amide bonds. The summed E-state index contributed by atoms with van der Waals surface area (Å²) >= 11 is 0. The second kappa shape index (κ2) is 43.1. The molecule has 26 N–H and O–H groups in total. The van der Waals surface area contributed by atoms with E-state index in [1.807, 2.05) is 0 Å². The van der Waals surface area contributed by atoms with Gasteiger partial charge in [0.2, 0.25) is 17.7 Å². The maximum atomic E-state index is 12.4. The Morgan fingerprint density at radius 1 is 0.400 bits per heavy atom. The molecule has 31 atom stereocenters. The Morgan fingerprint density at radius 3 is 1.18 bits per heavy atom. The first kappa shape index (κ1) is 87.0. The molecular formula is C58H103N5O37. The molecule has 582 valence electrons. The topological polar surface area (TPSA) is 675 Å². The molecule has 100 heavy (non-hydrogen) atoms. The highest BCUT2D eigenvalue weighted by atomic mass is 16.8. The fourth-order valence-corrected chi connectivity index (χ4v) is 11.0. The average molecular weight is 1460 g/mol. The number of hydrogen-bond acceptors (Lipinski definition) is 39. The van der Waals surface area contributed by atoms with Crippen molar-refractivity contribution in [1.82, 2.24) is 21.5 Å². The van der Waals surface area contributed by atoms with Crippen molar-refractivity contribution in [2.75, 3.05) is 72.5 Å². The second-order valence-corrected chi connectivity index (χ2v) is 24.5. The van der Waals surface area contributed by atoms with Crippen LogP contribution >= 0.6 is 0 Å². The van der Waals surface area contributed by atoms with Gasteiger partial charge in [-0.3, -0.25) is 29.4 Å². The summed E-state index contributed by atoms with van der Waals surface area (Å²) in [4.78, 5) is 60.1. The fourth-order valence-electron chi connectivity index (χ4n) is 11.0. The molecule has 0 bridgehead atoms. The summed E-state index contributed by atoms with van der Waals surface area (Å²) in [5.41, 5.74) is 10.5. The Bertz CT molecular complexity index is 2420. The van der Waals surface area contributed by atoms with Gasteiger partial charge in [0.15, 0.2) is 37.7 Å². The van der Waals surface area contributed by atoms with Crippen LogP contribution in [0.4, 0.5) is 0 Å². The quantitative estimate of drug-likeness (QED) is 0.0203. The number of unbranched alkanes of at least 4 members (excludes halogenated alkanes) is 1. The van der Waals surface area contributed by atoms with Crippen molar-refractivity contribution < 1.29 is 183 Å². The summed E-state index contributed by atoms with van der Waals surface area (Å²) < 4.78 is 66.1. The Morgan fingerprint density at radius 2 is 0.770 bits per heavy atom. The number of amides is 3. The van der Waals surface area contributed by atoms with Gasteiger partial charge in [0.1, 0.15) is 158 Å². The molecule has 0 radical (unpaired) electrons. The fraction of sp³-hybridized carbons (Fsp3) is 0.914. The number of carbonyl (C=O) groups excluding carboxylic acids is 5. The molecule has 0 unspecified atom stereocenters. The number of ether oxygens (including phenoxy) is 12. The SMILES string of the molecule is CC(=O)[C@H](CCCCN)NNC(=O)CCC(=O)NCCO[C@@H]1O[C@H](CO[C@H]2O[C@H](CO)[C@@H](O)[C@H](O)[C@@H]2O)[C@@H](O)[C@H](O[C@H]2O[C@H](CO)[C@@H](O)[C@H](O)[C@@H]2O)[C@@H]1O.CCNC(=O)CCC(=O)CCCO[C@@H]1O[C@H](CO[C@H]2O[C@H](CO)[C@@H](O)[C@H](O)[C@@H]2O)[C@@H](O)[C@H](O[C@H]2O[C@H](CO)[C@@H](O)[C@H](O)[C@@H]2O)[C@@H]1O. The first-order chi connectivity index (χ1) is 47.5. The lowest BCUT2D eigenvalue weighted by Gasteiger charge is -2.46. The lowest BCUT2D eigenvalue weighted by molar-refractivity contribution is -0.366. The van der Waals surface area contributed by atoms with E-state index in [9.17, 15) is 126 Å². The van der Waals surface area contributed by atoms with Gasteiger partial charge < -0.3 is 175 Å². The molecule has 0 aliphatic carbocycles. The number of hydrazine groups is 1. The zero-order chi connectivity index (χ0) is 74.2. The van der Waals surface area contributed by atoms with Crippen molar-refractivity contribution in [3.05, 3.63) is 0 Å². The molecule has 6 aliphatic heterocycles. The van der Waals surface area contributed by atoms with Crippen LogP contribution in [0.25, 0.3) is 0 Å². The molecule has 0 spiro atoms. The number of rotatable bonds is 37. The van der Waals surface area contributed by atoms with Crippen LogP contribution in [-0.2, 0) is 80.8 Å². The number of nitrogens with one attached hydrogen (secondary N) is 4. The number of nitrogens with two attached hydrogens (primary N) is 1. The van der Waals surface area contributed by atoms with Gasteiger partial charge in [-0.25, -0.2) is 5.43 Å². The number of carbonyl (C=O) groups is 5. The van der Waals surface area contributed by atoms with Crippen LogP contribution in [0.3, 0.4) is 0 Å². The van der Waals surface area contributed by atoms with Gasteiger partial charge in [0, 0.05) is 45.2 Å². The summed E-state index contributed by atoms with van der Waals surface area (Å²) in [6.07, 6.45) is -48.6. The predicted molar refractivity (Wildman–Crippen MR) is 323 cm³/mol. The van der Waals surface area contributed by atoms with Gasteiger partial charge in [-0.05, 0) is 39.7 Å². The van der Waals surface area contributed by atoms with Crippen LogP contribution in [0.1, 0.15) is 71.6 Å². The first-order valence-corrected chi connectivity index (χ1v) is 32.8. The van der Waals surface area contributed by atoms with Crippen LogP contribution in [-0.4, -0.2) is 394 Å². The highest BCUT2D eigenvalue weighted by molar-refractivity contribution is 5.85. The molecule has 6 fully saturated rings. The van der Waals surface area contributed by atoms with Gasteiger partial charge in [0.25, 0.3) is 0 Å². The summed E-state index contributed by atoms with van der Waals surface area (Å²) in [5.74, 6) is -1.72. The Kier molecular flexibility index (Phi) is 37.5. The van der Waals surface area contributed by atoms with Crippen LogP contribution in [0, 0.1) is 0 Å². The van der Waals surface area contributed by atoms with E-state index in [0.29, 0.717) is 32.4 Å². The van der Waals surface area contributed by atoms with Crippen molar-refractivity contribution >= 4 is 29.3 Å². The van der Waals surface area contributed by atoms with Crippen LogP contribution in [0.15, 0.2) is 0 Å². The van der Waals surface area contributed by atoms with Gasteiger partial charge in [-0.2, -0.15) is 0 Å². The van der Waals surface area contributed by atoms with Crippen LogP contribution in [0.2, 0.25) is 0 Å². The van der Waals surface area contributed by atoms with Crippen LogP contribution in [0.5, 0.6) is 0 Å². The number of aliphatic hydroxyl groups excluding tert-OH is 20. The highest BCUT2D eigenvalue weighted by Gasteiger charge is 2.55. The van der Waals surface area contributed by atoms with E-state index in [4.69, 9.17) is 62.6 Å². The zero-order valence-corrected chi connectivity index (χ0v) is 55.0. The van der Waals surface area contributed by atoms with Gasteiger partial charge in [-0.15, -0.1) is 0 Å². The average Bonchev–Trinajstić information content (AvgIpc) is 0.786. The molecule has 0 aromatic carbocycles. The van der Waals surface area contributed by atoms with Crippen LogP contribution < -0.4 is 27.2 Å². The van der Waals surface area contributed by atoms with Crippen molar-refractivity contribution in [2.45, 2.75) is 262 Å². The molecule has 0 saturated carbocycles. The van der Waals surface area contributed by atoms with Crippen molar-refractivity contribution in [3.8, 4) is 0 Å². The molecule has 0 aromatic rings. The minimum absolute atomic E-state index is 0.0208. The van der Waals surface area contributed by atoms with E-state index in [1.54, 1.807) is 6.92 Å². The molecule has 6 aliphatic rings. The van der Waals surface area contributed by atoms with E-state index < -0.39 is 242 Å². The lowest BCUT2D eigenvalue weighted by atomic mass is 9.96. The standard InChI is InChI=1S/C31H56N4O19.C27H47NO18/c1-13(38)14(4-2-3-7-32)34-35-19(40)6-5-18(39)33-8-9-49-30-27(48)28(54-31-26(47)24(45)21(42)16(11-37)52-31)22(43)17(53-30)12-50-29-25(46)23(44)20(41)15(10-36)51-29;1-2-28-15(32)6-5-11(31)4-3-7-41-26-23(40)24(46-27-22(39)20(37)17(34)13(9-30)44-27)18(35)14(45-26)10-42-25-21(38)19(36)16(33)12(8-29)43-25/h14-17,20-31,34,36-37,41-48H,2-12,32H2,1H3,(H,33,39)(H,35,40);12-14,16-27,29-30,33-40H,2-10H2,1H3,(H,28,32)/t14-,15+,16+,17+,20+,21+,22+,23-,24-,25-,26-,27-,28-,29-,30+,31+;12-,13-,14-,16-,17-,18-,19+,20+,21+,22+,23+,24+,25+,26-,27-/m01/s1. The Hall–Kier alpha value is -3.61. The van der Waals surface area contributed by atoms with E-state index >= 15 is 0 Å². The van der Waals surface area contributed by atoms with Crippen molar-refractivity contribution in [3.63, 3.8) is 0 Å². The Balaban J connectivity index is 0.000000365. The van der Waals surface area contributed by atoms with Crippen molar-refractivity contribution in [1.29, 1.82) is 0 Å². The monoisotopic (exact) mass is 1460 g/mol. The zero-order valence-electron chi connectivity index (χ0n) is 55.0. The largest absolute Gasteiger partial charge is 0.394 e. The molecule has 6 heterocycles. The molecule has 42 heteroatoms. The number of hydrogen-bond donors (Lipinski definition) is 25. The summed E-state index contributed by atoms with van der Waals surface area (Å²) in [5, 5.41) is 210. The minimum atomic E-state index is -1.92. The third-order valence-electron chi connectivity index (χ3n) is 17.1. The van der Waals surface area contributed by atoms with E-state index in [1.165, 1.54) is 6.92 Å².